The molecular weight excluding hydrogens is 672 g/mol. The summed E-state index contributed by atoms with van der Waals surface area (Å²) in [5.74, 6) is -1.39. The number of phosphoric ester groups is 2. The standard InChI is InChI=1S/C21H22F2N8O13P2/c22-6-1-30(15-9(6)17(33)26-4-25-15)20-14-12(32)7(41-20)2-39-45(35,36)43-13-8(3-40-46(37,38)44-14)42-19(10(13)23)31-5-27-11-16(31)28-21(24)29-18(11)34/h1,4-5,7-8,10,12-14,19-20,32H,2-3H2,(H,35,36)(H,37,38)(H,25,26,33)(H3,24,28,29,34)/t7-,8-,10-,12-,13-,14-,19?,20-/m1/s1. The molecule has 46 heavy (non-hydrogen) atoms. The Hall–Kier alpha value is -3.47. The Bertz CT molecular complexity index is 2050. The van der Waals surface area contributed by atoms with Crippen LogP contribution in [0.1, 0.15) is 12.5 Å². The molecule has 21 nitrogen and oxygen atoms in total. The number of nitrogen functional groups attached to an aromatic ring is 1. The van der Waals surface area contributed by atoms with Gasteiger partial charge in [0.25, 0.3) is 11.1 Å². The molecule has 3 saturated heterocycles. The van der Waals surface area contributed by atoms with E-state index in [9.17, 15) is 38.0 Å². The topological polar surface area (TPSA) is 290 Å². The van der Waals surface area contributed by atoms with Crippen LogP contribution < -0.4 is 16.9 Å². The van der Waals surface area contributed by atoms with Crippen molar-refractivity contribution in [3.05, 3.63) is 45.4 Å². The Labute approximate surface area is 252 Å². The molecule has 4 aromatic heterocycles. The smallest absolute Gasteiger partial charge is 0.387 e. The Morgan fingerprint density at radius 2 is 1.63 bits per heavy atom. The molecule has 3 aliphatic heterocycles. The number of nitrogens with two attached hydrogens (primary N) is 1. The molecule has 0 aromatic carbocycles. The number of hydrogen-bond acceptors (Lipinski definition) is 15. The number of fused-ring (bicyclic) bond motifs is 5. The van der Waals surface area contributed by atoms with Crippen molar-refractivity contribution in [2.45, 2.75) is 49.1 Å². The lowest BCUT2D eigenvalue weighted by Gasteiger charge is -2.25. The molecule has 248 valence electrons. The third-order valence-corrected chi connectivity index (χ3v) is 9.43. The van der Waals surface area contributed by atoms with Crippen LogP contribution in [0.3, 0.4) is 0 Å². The monoisotopic (exact) mass is 694 g/mol. The molecule has 0 amide bonds. The van der Waals surface area contributed by atoms with E-state index in [1.807, 2.05) is 0 Å². The molecule has 0 radical (unpaired) electrons. The summed E-state index contributed by atoms with van der Waals surface area (Å²) >= 11 is 0. The SMILES string of the molecule is Nc1nc2c(ncn2C2O[C@@H]3COP(=O)(O)O[C@@H]4[C@H](O)[C@@H](COP(=O)(O)O[C@H]3[C@H]2F)O[C@H]4n2cc(F)c3c(=O)[nH]cnc32)c(=O)[nH]1. The lowest BCUT2D eigenvalue weighted by atomic mass is 10.1. The first-order valence-electron chi connectivity index (χ1n) is 13.1. The molecule has 0 aliphatic carbocycles. The summed E-state index contributed by atoms with van der Waals surface area (Å²) in [6, 6.07) is 0. The number of hydrogen-bond donors (Lipinski definition) is 6. The summed E-state index contributed by atoms with van der Waals surface area (Å²) in [7, 11) is -10.5. The molecule has 25 heteroatoms. The van der Waals surface area contributed by atoms with E-state index in [1.54, 1.807) is 0 Å². The van der Waals surface area contributed by atoms with Gasteiger partial charge < -0.3 is 39.7 Å². The van der Waals surface area contributed by atoms with E-state index in [-0.39, 0.29) is 22.8 Å². The molecule has 0 saturated carbocycles. The number of imidazole rings is 1. The van der Waals surface area contributed by atoms with E-state index in [0.29, 0.717) is 0 Å². The number of halogens is 2. The van der Waals surface area contributed by atoms with Crippen molar-refractivity contribution in [2.24, 2.45) is 0 Å². The lowest BCUT2D eigenvalue weighted by Crippen LogP contribution is -2.35. The maximum Gasteiger partial charge on any atom is 0.472 e. The van der Waals surface area contributed by atoms with Gasteiger partial charge in [-0.15, -0.1) is 0 Å². The molecule has 10 atom stereocenters. The van der Waals surface area contributed by atoms with Crippen LogP contribution in [0.2, 0.25) is 0 Å². The second-order valence-electron chi connectivity index (χ2n) is 10.3. The van der Waals surface area contributed by atoms with Crippen LogP contribution in [0.15, 0.2) is 28.4 Å². The van der Waals surface area contributed by atoms with Gasteiger partial charge in [0.2, 0.25) is 5.95 Å². The third kappa shape index (κ3) is 5.28. The summed E-state index contributed by atoms with van der Waals surface area (Å²) in [5.41, 5.74) is 3.22. The van der Waals surface area contributed by atoms with Crippen molar-refractivity contribution in [3.8, 4) is 0 Å². The number of aliphatic hydroxyl groups is 1. The number of aliphatic hydroxyl groups excluding tert-OH is 1. The van der Waals surface area contributed by atoms with Crippen LogP contribution in [-0.4, -0.2) is 98.9 Å². The Morgan fingerprint density at radius 1 is 0.957 bits per heavy atom. The maximum atomic E-state index is 15.9. The highest BCUT2D eigenvalue weighted by molar-refractivity contribution is 7.47. The quantitative estimate of drug-likeness (QED) is 0.138. The zero-order valence-electron chi connectivity index (χ0n) is 22.7. The first-order chi connectivity index (χ1) is 21.7. The highest BCUT2D eigenvalue weighted by atomic mass is 31.2. The summed E-state index contributed by atoms with van der Waals surface area (Å²) in [4.78, 5) is 61.6. The van der Waals surface area contributed by atoms with Gasteiger partial charge in [0, 0.05) is 6.20 Å². The molecule has 0 spiro atoms. The molecule has 3 unspecified atom stereocenters. The average molecular weight is 694 g/mol. The summed E-state index contributed by atoms with van der Waals surface area (Å²) in [6.07, 6.45) is -12.0. The number of alkyl halides is 1. The highest BCUT2D eigenvalue weighted by Crippen LogP contribution is 2.54. The normalized spacial score (nSPS) is 37.2. The molecule has 3 aliphatic rings. The number of ether oxygens (including phenoxy) is 2. The number of H-pyrrole nitrogens is 2. The number of aromatic amines is 2. The maximum absolute atomic E-state index is 15.9. The average Bonchev–Trinajstić information content (AvgIpc) is 3.71. The van der Waals surface area contributed by atoms with Gasteiger partial charge in [-0.2, -0.15) is 4.98 Å². The van der Waals surface area contributed by atoms with Crippen molar-refractivity contribution in [1.82, 2.24) is 34.1 Å². The minimum atomic E-state index is -5.25. The number of nitrogens with one attached hydrogen (secondary N) is 2. The van der Waals surface area contributed by atoms with Crippen LogP contribution in [0.25, 0.3) is 22.2 Å². The first kappa shape index (κ1) is 31.1. The summed E-state index contributed by atoms with van der Waals surface area (Å²) < 4.78 is 90.2. The van der Waals surface area contributed by atoms with Gasteiger partial charge in [-0.3, -0.25) is 37.2 Å². The fourth-order valence-corrected chi connectivity index (χ4v) is 7.34. The van der Waals surface area contributed by atoms with E-state index in [4.69, 9.17) is 33.3 Å². The van der Waals surface area contributed by atoms with Gasteiger partial charge in [-0.1, -0.05) is 0 Å². The van der Waals surface area contributed by atoms with E-state index in [0.717, 1.165) is 28.0 Å². The second-order valence-corrected chi connectivity index (χ2v) is 13.1. The molecule has 7 heterocycles. The van der Waals surface area contributed by atoms with Crippen molar-refractivity contribution in [3.63, 3.8) is 0 Å². The van der Waals surface area contributed by atoms with Crippen molar-refractivity contribution in [2.75, 3.05) is 18.9 Å². The Morgan fingerprint density at radius 3 is 2.37 bits per heavy atom. The summed E-state index contributed by atoms with van der Waals surface area (Å²) in [6.45, 7) is -1.94. The minimum absolute atomic E-state index is 0.220. The van der Waals surface area contributed by atoms with Gasteiger partial charge in [-0.25, -0.2) is 27.9 Å². The predicted octanol–water partition coefficient (Wildman–Crippen LogP) is -0.909. The van der Waals surface area contributed by atoms with Gasteiger partial charge in [-0.05, 0) is 0 Å². The number of aromatic nitrogens is 7. The van der Waals surface area contributed by atoms with Crippen molar-refractivity contribution in [1.29, 1.82) is 0 Å². The van der Waals surface area contributed by atoms with E-state index in [2.05, 4.69) is 24.9 Å². The Balaban J connectivity index is 1.22. The number of anilines is 1. The van der Waals surface area contributed by atoms with Crippen LogP contribution in [0.4, 0.5) is 14.7 Å². The summed E-state index contributed by atoms with van der Waals surface area (Å²) in [5, 5.41) is 10.4. The zero-order chi connectivity index (χ0) is 32.7. The van der Waals surface area contributed by atoms with E-state index >= 15 is 4.39 Å². The lowest BCUT2D eigenvalue weighted by molar-refractivity contribution is -0.0670. The van der Waals surface area contributed by atoms with Crippen molar-refractivity contribution >= 4 is 43.8 Å². The highest BCUT2D eigenvalue weighted by Gasteiger charge is 2.54. The molecular formula is C21H22F2N8O13P2. The Kier molecular flexibility index (Phi) is 7.49. The van der Waals surface area contributed by atoms with Gasteiger partial charge >= 0.3 is 15.6 Å². The van der Waals surface area contributed by atoms with Gasteiger partial charge in [0.1, 0.15) is 35.9 Å². The molecule has 7 rings (SSSR count). The number of rotatable bonds is 2. The van der Waals surface area contributed by atoms with Crippen molar-refractivity contribution < 1.29 is 60.4 Å². The third-order valence-electron chi connectivity index (χ3n) is 7.46. The minimum Gasteiger partial charge on any atom is -0.387 e. The number of phosphoric acid groups is 2. The number of nitrogens with zero attached hydrogens (tertiary/aromatic N) is 5. The fourth-order valence-electron chi connectivity index (χ4n) is 5.45. The second kappa shape index (κ2) is 11.1. The van der Waals surface area contributed by atoms with Crippen LogP contribution in [0.5, 0.6) is 0 Å². The molecule has 4 aromatic rings. The van der Waals surface area contributed by atoms with E-state index in [1.165, 1.54) is 0 Å². The zero-order valence-corrected chi connectivity index (χ0v) is 24.4. The molecule has 7 N–H and O–H groups in total. The largest absolute Gasteiger partial charge is 0.472 e. The van der Waals surface area contributed by atoms with Crippen LogP contribution in [0, 0.1) is 5.82 Å². The molecule has 3 fully saturated rings. The van der Waals surface area contributed by atoms with Gasteiger partial charge in [0.05, 0.1) is 25.9 Å². The predicted molar refractivity (Wildman–Crippen MR) is 143 cm³/mol. The van der Waals surface area contributed by atoms with Crippen LogP contribution in [-0.2, 0) is 36.7 Å². The van der Waals surface area contributed by atoms with E-state index < -0.39 is 100 Å². The van der Waals surface area contributed by atoms with Gasteiger partial charge in [0.15, 0.2) is 41.3 Å². The fraction of sp³-hybridized carbons (Fsp3) is 0.476. The van der Waals surface area contributed by atoms with Crippen LogP contribution >= 0.6 is 15.6 Å². The molecule has 2 bridgehead atoms. The first-order valence-corrected chi connectivity index (χ1v) is 16.1.